The predicted octanol–water partition coefficient (Wildman–Crippen LogP) is 2.77. The number of alkyl halides is 3. The number of likely N-dealkylation sites (tertiary alicyclic amines) is 1. The van der Waals surface area contributed by atoms with Crippen molar-refractivity contribution >= 4 is 12.0 Å². The maximum Gasteiger partial charge on any atom is 0.416 e. The van der Waals surface area contributed by atoms with Crippen molar-refractivity contribution in [3.8, 4) is 0 Å². The van der Waals surface area contributed by atoms with Gasteiger partial charge in [-0.15, -0.1) is 0 Å². The van der Waals surface area contributed by atoms with E-state index in [1.165, 1.54) is 6.92 Å². The minimum Gasteiger partial charge on any atom is -0.447 e. The van der Waals surface area contributed by atoms with Gasteiger partial charge in [0.2, 0.25) is 5.91 Å². The van der Waals surface area contributed by atoms with E-state index in [2.05, 4.69) is 5.32 Å². The summed E-state index contributed by atoms with van der Waals surface area (Å²) in [7, 11) is 0. The number of nitrogens with zero attached hydrogens (tertiary/aromatic N) is 1. The van der Waals surface area contributed by atoms with Crippen LogP contribution in [0.15, 0.2) is 12.1 Å². The van der Waals surface area contributed by atoms with Crippen LogP contribution in [0, 0.1) is 18.7 Å². The molecule has 2 aliphatic heterocycles. The van der Waals surface area contributed by atoms with Crippen molar-refractivity contribution < 1.29 is 36.6 Å². The van der Waals surface area contributed by atoms with E-state index in [4.69, 9.17) is 9.47 Å². The molecule has 3 fully saturated rings. The van der Waals surface area contributed by atoms with Crippen molar-refractivity contribution in [2.45, 2.75) is 44.2 Å². The van der Waals surface area contributed by atoms with Gasteiger partial charge >= 0.3 is 12.3 Å². The smallest absolute Gasteiger partial charge is 0.416 e. The van der Waals surface area contributed by atoms with Gasteiger partial charge in [0.15, 0.2) is 0 Å². The van der Waals surface area contributed by atoms with Gasteiger partial charge in [-0.3, -0.25) is 4.79 Å². The molecular weight excluding hydrogens is 396 g/mol. The van der Waals surface area contributed by atoms with Crippen LogP contribution in [-0.2, 0) is 27.1 Å². The molecule has 1 aromatic carbocycles. The van der Waals surface area contributed by atoms with Crippen LogP contribution in [0.25, 0.3) is 0 Å². The van der Waals surface area contributed by atoms with E-state index < -0.39 is 29.2 Å². The highest BCUT2D eigenvalue weighted by Crippen LogP contribution is 2.42. The first-order valence-electron chi connectivity index (χ1n) is 9.28. The second kappa shape index (κ2) is 6.86. The Morgan fingerprint density at radius 1 is 1.34 bits per heavy atom. The zero-order valence-electron chi connectivity index (χ0n) is 15.6. The molecule has 6 nitrogen and oxygen atoms in total. The van der Waals surface area contributed by atoms with Crippen molar-refractivity contribution in [1.82, 2.24) is 10.2 Å². The standard InChI is InChI=1S/C19H20F4N2O4/c1-10-2-11(15(20)3-14(10)19(21,22)23)8-28-13-6-25(7-13)16(26)12-4-18(5-12)9-29-17(27)24-18/h2-3,12-13H,4-9H2,1H3,(H,24,27)/t12-,18-. The van der Waals surface area contributed by atoms with Gasteiger partial charge in [0.25, 0.3) is 0 Å². The molecule has 0 aromatic heterocycles. The van der Waals surface area contributed by atoms with Crippen LogP contribution in [0.2, 0.25) is 0 Å². The molecule has 1 saturated carbocycles. The fourth-order valence-corrected chi connectivity index (χ4v) is 4.12. The second-order valence-corrected chi connectivity index (χ2v) is 8.02. The normalized spacial score (nSPS) is 26.7. The Balaban J connectivity index is 1.24. The molecule has 1 spiro atoms. The summed E-state index contributed by atoms with van der Waals surface area (Å²) in [5.74, 6) is -1.16. The van der Waals surface area contributed by atoms with E-state index in [9.17, 15) is 27.2 Å². The van der Waals surface area contributed by atoms with Crippen molar-refractivity contribution in [3.63, 3.8) is 0 Å². The van der Waals surface area contributed by atoms with E-state index in [-0.39, 0.29) is 42.3 Å². The molecule has 1 aromatic rings. The summed E-state index contributed by atoms with van der Waals surface area (Å²) in [4.78, 5) is 25.2. The molecule has 0 unspecified atom stereocenters. The maximum absolute atomic E-state index is 14.0. The van der Waals surface area contributed by atoms with Gasteiger partial charge in [-0.05, 0) is 31.4 Å². The number of ether oxygens (including phenoxy) is 2. The summed E-state index contributed by atoms with van der Waals surface area (Å²) in [5.41, 5.74) is -1.43. The molecule has 3 aliphatic rings. The molecule has 0 bridgehead atoms. The Morgan fingerprint density at radius 3 is 2.62 bits per heavy atom. The molecule has 0 radical (unpaired) electrons. The number of benzene rings is 1. The molecule has 0 atom stereocenters. The van der Waals surface area contributed by atoms with Crippen LogP contribution >= 0.6 is 0 Å². The molecular formula is C19H20F4N2O4. The molecule has 1 aliphatic carbocycles. The first kappa shape index (κ1) is 19.9. The third kappa shape index (κ3) is 3.77. The Morgan fingerprint density at radius 2 is 2.03 bits per heavy atom. The number of cyclic esters (lactones) is 1. The third-order valence-corrected chi connectivity index (χ3v) is 5.80. The van der Waals surface area contributed by atoms with Crippen LogP contribution in [0.1, 0.15) is 29.5 Å². The number of carbonyl (C=O) groups excluding carboxylic acids is 2. The van der Waals surface area contributed by atoms with Crippen LogP contribution in [-0.4, -0.2) is 48.2 Å². The summed E-state index contributed by atoms with van der Waals surface area (Å²) in [5, 5.41) is 2.73. The van der Waals surface area contributed by atoms with E-state index in [0.29, 0.717) is 32.0 Å². The minimum atomic E-state index is -4.60. The number of amides is 2. The number of halogens is 4. The number of nitrogens with one attached hydrogen (secondary N) is 1. The fraction of sp³-hybridized carbons (Fsp3) is 0.579. The van der Waals surface area contributed by atoms with Crippen molar-refractivity contribution in [3.05, 3.63) is 34.6 Å². The number of carbonyl (C=O) groups is 2. The molecule has 2 heterocycles. The molecule has 1 N–H and O–H groups in total. The highest BCUT2D eigenvalue weighted by Gasteiger charge is 2.54. The SMILES string of the molecule is Cc1cc(COC2CN(C(=O)[C@H]3C[C@@]4(COC(=O)N4)C3)C2)c(F)cc1C(F)(F)F. The Bertz CT molecular complexity index is 845. The summed E-state index contributed by atoms with van der Waals surface area (Å²) in [6.07, 6.45) is -4.28. The second-order valence-electron chi connectivity index (χ2n) is 8.02. The van der Waals surface area contributed by atoms with Gasteiger partial charge in [-0.2, -0.15) is 13.2 Å². The molecule has 158 valence electrons. The summed E-state index contributed by atoms with van der Waals surface area (Å²) in [6.45, 7) is 2.10. The number of hydrogen-bond acceptors (Lipinski definition) is 4. The van der Waals surface area contributed by atoms with Crippen molar-refractivity contribution in [2.24, 2.45) is 5.92 Å². The van der Waals surface area contributed by atoms with Gasteiger partial charge in [0.1, 0.15) is 12.4 Å². The summed E-state index contributed by atoms with van der Waals surface area (Å²) in [6, 6.07) is 1.63. The topological polar surface area (TPSA) is 67.9 Å². The highest BCUT2D eigenvalue weighted by molar-refractivity contribution is 5.82. The monoisotopic (exact) mass is 416 g/mol. The molecule has 29 heavy (non-hydrogen) atoms. The van der Waals surface area contributed by atoms with Crippen LogP contribution in [0.3, 0.4) is 0 Å². The van der Waals surface area contributed by atoms with Gasteiger partial charge in [-0.25, -0.2) is 9.18 Å². The van der Waals surface area contributed by atoms with Crippen molar-refractivity contribution in [2.75, 3.05) is 19.7 Å². The molecule has 4 rings (SSSR count). The number of alkyl carbamates (subject to hydrolysis) is 1. The average molecular weight is 416 g/mol. The zero-order valence-corrected chi connectivity index (χ0v) is 15.6. The Hall–Kier alpha value is -2.36. The highest BCUT2D eigenvalue weighted by atomic mass is 19.4. The predicted molar refractivity (Wildman–Crippen MR) is 91.2 cm³/mol. The molecule has 2 amide bonds. The van der Waals surface area contributed by atoms with E-state index in [1.54, 1.807) is 4.90 Å². The lowest BCUT2D eigenvalue weighted by molar-refractivity contribution is -0.155. The van der Waals surface area contributed by atoms with E-state index in [0.717, 1.165) is 6.07 Å². The number of aryl methyl sites for hydroxylation is 1. The molecule has 2 saturated heterocycles. The third-order valence-electron chi connectivity index (χ3n) is 5.80. The van der Waals surface area contributed by atoms with E-state index in [1.807, 2.05) is 0 Å². The largest absolute Gasteiger partial charge is 0.447 e. The van der Waals surface area contributed by atoms with Crippen LogP contribution < -0.4 is 5.32 Å². The maximum atomic E-state index is 14.0. The van der Waals surface area contributed by atoms with Crippen molar-refractivity contribution in [1.29, 1.82) is 0 Å². The first-order valence-corrected chi connectivity index (χ1v) is 9.28. The Labute approximate surface area is 164 Å². The van der Waals surface area contributed by atoms with E-state index >= 15 is 0 Å². The lowest BCUT2D eigenvalue weighted by Gasteiger charge is -2.47. The quantitative estimate of drug-likeness (QED) is 0.767. The lowest BCUT2D eigenvalue weighted by atomic mass is 9.68. The average Bonchev–Trinajstić information content (AvgIpc) is 2.95. The molecule has 10 heteroatoms. The summed E-state index contributed by atoms with van der Waals surface area (Å²) < 4.78 is 62.9. The lowest BCUT2D eigenvalue weighted by Crippen LogP contribution is -2.62. The Kier molecular flexibility index (Phi) is 4.71. The van der Waals surface area contributed by atoms with Gasteiger partial charge < -0.3 is 19.7 Å². The fourth-order valence-electron chi connectivity index (χ4n) is 4.12. The summed E-state index contributed by atoms with van der Waals surface area (Å²) >= 11 is 0. The van der Waals surface area contributed by atoms with Gasteiger partial charge in [-0.1, -0.05) is 6.07 Å². The van der Waals surface area contributed by atoms with Crippen LogP contribution in [0.5, 0.6) is 0 Å². The number of rotatable bonds is 4. The van der Waals surface area contributed by atoms with Crippen LogP contribution in [0.4, 0.5) is 22.4 Å². The zero-order chi connectivity index (χ0) is 21.0. The van der Waals surface area contributed by atoms with Gasteiger partial charge in [0.05, 0.1) is 23.8 Å². The first-order chi connectivity index (χ1) is 13.6. The minimum absolute atomic E-state index is 0.0202. The number of hydrogen-bond donors (Lipinski definition) is 1. The van der Waals surface area contributed by atoms with Gasteiger partial charge in [0, 0.05) is 24.6 Å².